The van der Waals surface area contributed by atoms with Crippen LogP contribution in [0, 0.1) is 13.8 Å². The molecule has 25 heavy (non-hydrogen) atoms. The summed E-state index contributed by atoms with van der Waals surface area (Å²) in [5.41, 5.74) is 3.08. The lowest BCUT2D eigenvalue weighted by molar-refractivity contribution is -0.138. The SMILES string of the molecule is Cc1cc(C(=O)c2ccccc2)c(C)n1C(C)C(=O)N1CCOCC1. The van der Waals surface area contributed by atoms with E-state index in [0.717, 1.165) is 11.4 Å². The van der Waals surface area contributed by atoms with E-state index in [-0.39, 0.29) is 17.7 Å². The van der Waals surface area contributed by atoms with E-state index >= 15 is 0 Å². The number of hydrogen-bond acceptors (Lipinski definition) is 3. The number of carbonyl (C=O) groups is 2. The van der Waals surface area contributed by atoms with Crippen LogP contribution in [-0.2, 0) is 9.53 Å². The van der Waals surface area contributed by atoms with Crippen LogP contribution in [0.5, 0.6) is 0 Å². The number of benzene rings is 1. The number of ketones is 1. The fourth-order valence-electron chi connectivity index (χ4n) is 3.51. The first-order valence-electron chi connectivity index (χ1n) is 8.65. The molecular formula is C20H24N2O3. The van der Waals surface area contributed by atoms with Crippen LogP contribution in [0.3, 0.4) is 0 Å². The first-order valence-corrected chi connectivity index (χ1v) is 8.65. The van der Waals surface area contributed by atoms with Crippen LogP contribution in [0.1, 0.15) is 40.3 Å². The van der Waals surface area contributed by atoms with Crippen molar-refractivity contribution >= 4 is 11.7 Å². The Kier molecular flexibility index (Phi) is 5.04. The fourth-order valence-corrected chi connectivity index (χ4v) is 3.51. The van der Waals surface area contributed by atoms with Gasteiger partial charge in [0.1, 0.15) is 6.04 Å². The van der Waals surface area contributed by atoms with Crippen molar-refractivity contribution in [1.82, 2.24) is 9.47 Å². The third-order valence-electron chi connectivity index (χ3n) is 4.83. The van der Waals surface area contributed by atoms with Crippen LogP contribution in [-0.4, -0.2) is 47.5 Å². The number of aryl methyl sites for hydroxylation is 1. The highest BCUT2D eigenvalue weighted by molar-refractivity contribution is 6.10. The predicted octanol–water partition coefficient (Wildman–Crippen LogP) is 2.76. The molecule has 132 valence electrons. The van der Waals surface area contributed by atoms with Crippen LogP contribution in [0.4, 0.5) is 0 Å². The molecule has 1 amide bonds. The second-order valence-corrected chi connectivity index (χ2v) is 6.46. The molecule has 1 aromatic carbocycles. The number of morpholine rings is 1. The molecule has 1 fully saturated rings. The largest absolute Gasteiger partial charge is 0.378 e. The number of rotatable bonds is 4. The van der Waals surface area contributed by atoms with Crippen molar-refractivity contribution in [2.45, 2.75) is 26.8 Å². The van der Waals surface area contributed by atoms with Gasteiger partial charge in [-0.25, -0.2) is 0 Å². The summed E-state index contributed by atoms with van der Waals surface area (Å²) in [4.78, 5) is 27.5. The van der Waals surface area contributed by atoms with Gasteiger partial charge in [-0.15, -0.1) is 0 Å². The van der Waals surface area contributed by atoms with Crippen LogP contribution in [0.2, 0.25) is 0 Å². The Bertz CT molecular complexity index is 774. The quantitative estimate of drug-likeness (QED) is 0.804. The molecule has 5 heteroatoms. The van der Waals surface area contributed by atoms with Gasteiger partial charge in [0.2, 0.25) is 5.91 Å². The van der Waals surface area contributed by atoms with Crippen molar-refractivity contribution in [1.29, 1.82) is 0 Å². The maximum atomic E-state index is 12.8. The maximum absolute atomic E-state index is 12.8. The highest BCUT2D eigenvalue weighted by atomic mass is 16.5. The molecule has 1 unspecified atom stereocenters. The summed E-state index contributed by atoms with van der Waals surface area (Å²) in [7, 11) is 0. The first kappa shape index (κ1) is 17.4. The van der Waals surface area contributed by atoms with Crippen LogP contribution < -0.4 is 0 Å². The maximum Gasteiger partial charge on any atom is 0.245 e. The Morgan fingerprint density at radius 3 is 2.36 bits per heavy atom. The number of carbonyl (C=O) groups excluding carboxylic acids is 2. The normalized spacial score (nSPS) is 15.9. The second-order valence-electron chi connectivity index (χ2n) is 6.46. The molecule has 0 bridgehead atoms. The highest BCUT2D eigenvalue weighted by Gasteiger charge is 2.27. The predicted molar refractivity (Wildman–Crippen MR) is 95.9 cm³/mol. The second kappa shape index (κ2) is 7.23. The number of hydrogen-bond donors (Lipinski definition) is 0. The van der Waals surface area contributed by atoms with E-state index in [1.165, 1.54) is 0 Å². The van der Waals surface area contributed by atoms with E-state index in [1.54, 1.807) is 0 Å². The summed E-state index contributed by atoms with van der Waals surface area (Å²) in [6.07, 6.45) is 0. The van der Waals surface area contributed by atoms with Gasteiger partial charge in [0.25, 0.3) is 0 Å². The molecule has 0 radical (unpaired) electrons. The van der Waals surface area contributed by atoms with Crippen LogP contribution in [0.15, 0.2) is 36.4 Å². The van der Waals surface area contributed by atoms with E-state index < -0.39 is 0 Å². The van der Waals surface area contributed by atoms with E-state index in [1.807, 2.05) is 66.6 Å². The minimum atomic E-state index is -0.338. The van der Waals surface area contributed by atoms with Gasteiger partial charge in [-0.2, -0.15) is 0 Å². The Balaban J connectivity index is 1.89. The monoisotopic (exact) mass is 340 g/mol. The van der Waals surface area contributed by atoms with Gasteiger partial charge in [-0.3, -0.25) is 9.59 Å². The summed E-state index contributed by atoms with van der Waals surface area (Å²) in [5.74, 6) is 0.0646. The number of amides is 1. The lowest BCUT2D eigenvalue weighted by Gasteiger charge is -2.30. The molecule has 1 saturated heterocycles. The molecule has 1 atom stereocenters. The zero-order valence-corrected chi connectivity index (χ0v) is 15.0. The van der Waals surface area contributed by atoms with Crippen molar-refractivity contribution < 1.29 is 14.3 Å². The van der Waals surface area contributed by atoms with Crippen LogP contribution in [0.25, 0.3) is 0 Å². The Morgan fingerprint density at radius 2 is 1.72 bits per heavy atom. The van der Waals surface area contributed by atoms with E-state index in [2.05, 4.69) is 0 Å². The third kappa shape index (κ3) is 3.37. The van der Waals surface area contributed by atoms with Crippen molar-refractivity contribution in [3.8, 4) is 0 Å². The summed E-state index contributed by atoms with van der Waals surface area (Å²) in [6.45, 7) is 8.16. The molecule has 2 heterocycles. The molecule has 1 aromatic heterocycles. The smallest absolute Gasteiger partial charge is 0.245 e. The van der Waals surface area contributed by atoms with Gasteiger partial charge in [0, 0.05) is 35.6 Å². The molecule has 1 aliphatic rings. The standard InChI is InChI=1S/C20H24N2O3/c1-14-13-18(19(23)17-7-5-4-6-8-17)15(2)22(14)16(3)20(24)21-9-11-25-12-10-21/h4-8,13,16H,9-12H2,1-3H3. The molecule has 0 aliphatic carbocycles. The van der Waals surface area contributed by atoms with Gasteiger partial charge in [-0.1, -0.05) is 30.3 Å². The first-order chi connectivity index (χ1) is 12.0. The average molecular weight is 340 g/mol. The van der Waals surface area contributed by atoms with Gasteiger partial charge in [0.15, 0.2) is 5.78 Å². The van der Waals surface area contributed by atoms with Crippen molar-refractivity contribution in [3.63, 3.8) is 0 Å². The molecule has 0 N–H and O–H groups in total. The highest BCUT2D eigenvalue weighted by Crippen LogP contribution is 2.24. The summed E-state index contributed by atoms with van der Waals surface area (Å²) in [5, 5.41) is 0. The summed E-state index contributed by atoms with van der Waals surface area (Å²) in [6, 6.07) is 10.8. The number of ether oxygens (including phenoxy) is 1. The molecular weight excluding hydrogens is 316 g/mol. The summed E-state index contributed by atoms with van der Waals surface area (Å²) >= 11 is 0. The Morgan fingerprint density at radius 1 is 1.08 bits per heavy atom. The zero-order chi connectivity index (χ0) is 18.0. The number of aromatic nitrogens is 1. The lowest BCUT2D eigenvalue weighted by atomic mass is 10.0. The van der Waals surface area contributed by atoms with E-state index in [9.17, 15) is 9.59 Å². The minimum absolute atomic E-state index is 0.00836. The average Bonchev–Trinajstić information content (AvgIpc) is 2.95. The van der Waals surface area contributed by atoms with Crippen molar-refractivity contribution in [2.24, 2.45) is 0 Å². The fraction of sp³-hybridized carbons (Fsp3) is 0.400. The zero-order valence-electron chi connectivity index (χ0n) is 15.0. The molecule has 0 spiro atoms. The summed E-state index contributed by atoms with van der Waals surface area (Å²) < 4.78 is 7.29. The van der Waals surface area contributed by atoms with Crippen LogP contribution >= 0.6 is 0 Å². The van der Waals surface area contributed by atoms with Crippen molar-refractivity contribution in [2.75, 3.05) is 26.3 Å². The number of nitrogens with zero attached hydrogens (tertiary/aromatic N) is 2. The van der Waals surface area contributed by atoms with E-state index in [0.29, 0.717) is 37.4 Å². The topological polar surface area (TPSA) is 51.5 Å². The lowest BCUT2D eigenvalue weighted by Crippen LogP contribution is -2.43. The third-order valence-corrected chi connectivity index (χ3v) is 4.83. The van der Waals surface area contributed by atoms with Gasteiger partial charge in [0.05, 0.1) is 13.2 Å². The minimum Gasteiger partial charge on any atom is -0.378 e. The van der Waals surface area contributed by atoms with Gasteiger partial charge >= 0.3 is 0 Å². The molecule has 0 saturated carbocycles. The molecule has 5 nitrogen and oxygen atoms in total. The van der Waals surface area contributed by atoms with Gasteiger partial charge < -0.3 is 14.2 Å². The Labute approximate surface area is 148 Å². The molecule has 1 aliphatic heterocycles. The van der Waals surface area contributed by atoms with Crippen molar-refractivity contribution in [3.05, 3.63) is 58.9 Å². The Hall–Kier alpha value is -2.40. The molecule has 2 aromatic rings. The van der Waals surface area contributed by atoms with Gasteiger partial charge in [-0.05, 0) is 26.8 Å². The van der Waals surface area contributed by atoms with E-state index in [4.69, 9.17) is 4.74 Å². The molecule has 3 rings (SSSR count).